The summed E-state index contributed by atoms with van der Waals surface area (Å²) in [4.78, 5) is 0. The van der Waals surface area contributed by atoms with Crippen LogP contribution in [0.4, 0.5) is 0 Å². The molecule has 0 amide bonds. The van der Waals surface area contributed by atoms with E-state index in [0.717, 1.165) is 26.1 Å². The van der Waals surface area contributed by atoms with E-state index in [4.69, 9.17) is 14.2 Å². The van der Waals surface area contributed by atoms with Crippen LogP contribution in [-0.2, 0) is 14.2 Å². The van der Waals surface area contributed by atoms with E-state index >= 15 is 0 Å². The van der Waals surface area contributed by atoms with E-state index in [1.807, 2.05) is 0 Å². The fourth-order valence-corrected chi connectivity index (χ4v) is 2.10. The second kappa shape index (κ2) is 5.28. The van der Waals surface area contributed by atoms with Crippen LogP contribution in [0, 0.1) is 11.8 Å². The van der Waals surface area contributed by atoms with Crippen molar-refractivity contribution in [1.82, 2.24) is 0 Å². The predicted octanol–water partition coefficient (Wildman–Crippen LogP) is 2.55. The third-order valence-electron chi connectivity index (χ3n) is 3.23. The van der Waals surface area contributed by atoms with Crippen LogP contribution in [0.3, 0.4) is 0 Å². The molecule has 0 aliphatic carbocycles. The molecule has 0 radical (unpaired) electrons. The van der Waals surface area contributed by atoms with Crippen LogP contribution in [0.5, 0.6) is 0 Å². The highest BCUT2D eigenvalue weighted by atomic mass is 16.8. The lowest BCUT2D eigenvalue weighted by Gasteiger charge is -2.33. The highest BCUT2D eigenvalue weighted by Crippen LogP contribution is 2.24. The van der Waals surface area contributed by atoms with E-state index in [1.54, 1.807) is 0 Å². The summed E-state index contributed by atoms with van der Waals surface area (Å²) in [7, 11) is 0. The van der Waals surface area contributed by atoms with Gasteiger partial charge in [0.1, 0.15) is 0 Å². The van der Waals surface area contributed by atoms with E-state index in [-0.39, 0.29) is 12.6 Å². The fraction of sp³-hybridized carbons (Fsp3) is 1.00. The lowest BCUT2D eigenvalue weighted by Crippen LogP contribution is -2.34. The minimum absolute atomic E-state index is 0.0281. The molecule has 0 spiro atoms. The first-order valence-corrected chi connectivity index (χ1v) is 6.12. The van der Waals surface area contributed by atoms with Crippen LogP contribution in [0.2, 0.25) is 0 Å². The van der Waals surface area contributed by atoms with Gasteiger partial charge >= 0.3 is 0 Å². The highest BCUT2D eigenvalue weighted by Gasteiger charge is 2.25. The molecule has 0 aromatic carbocycles. The van der Waals surface area contributed by atoms with E-state index < -0.39 is 0 Å². The van der Waals surface area contributed by atoms with Crippen molar-refractivity contribution in [3.8, 4) is 0 Å². The molecule has 2 heterocycles. The highest BCUT2D eigenvalue weighted by molar-refractivity contribution is 4.65. The van der Waals surface area contributed by atoms with Crippen molar-refractivity contribution in [2.24, 2.45) is 11.8 Å². The predicted molar refractivity (Wildman–Crippen MR) is 57.4 cm³/mol. The zero-order valence-corrected chi connectivity index (χ0v) is 9.78. The molecular formula is C12H22O3. The van der Waals surface area contributed by atoms with Gasteiger partial charge in [-0.2, -0.15) is 0 Å². The van der Waals surface area contributed by atoms with Gasteiger partial charge in [0.05, 0.1) is 13.2 Å². The molecule has 2 rings (SSSR count). The van der Waals surface area contributed by atoms with E-state index in [9.17, 15) is 0 Å². The second-order valence-corrected chi connectivity index (χ2v) is 5.03. The summed E-state index contributed by atoms with van der Waals surface area (Å²) in [5, 5.41) is 0. The van der Waals surface area contributed by atoms with Crippen LogP contribution < -0.4 is 0 Å². The average Bonchev–Trinajstić information content (AvgIpc) is 2.25. The van der Waals surface area contributed by atoms with Crippen molar-refractivity contribution in [2.75, 3.05) is 13.2 Å². The number of rotatable bonds is 2. The van der Waals surface area contributed by atoms with Gasteiger partial charge in [0.2, 0.25) is 0 Å². The Balaban J connectivity index is 1.68. The maximum Gasteiger partial charge on any atom is 0.160 e. The molecule has 0 aromatic rings. The molecule has 2 fully saturated rings. The van der Waals surface area contributed by atoms with Gasteiger partial charge in [-0.05, 0) is 37.5 Å². The summed E-state index contributed by atoms with van der Waals surface area (Å²) >= 11 is 0. The minimum Gasteiger partial charge on any atom is -0.352 e. The first-order chi connectivity index (χ1) is 7.24. The number of hydrogen-bond acceptors (Lipinski definition) is 3. The summed E-state index contributed by atoms with van der Waals surface area (Å²) in [6, 6.07) is 0. The molecule has 2 aliphatic heterocycles. The van der Waals surface area contributed by atoms with Crippen LogP contribution in [0.15, 0.2) is 0 Å². The Kier molecular flexibility index (Phi) is 4.00. The standard InChI is InChI=1S/C12H22O3/c1-9-3-5-11(13-7-9)15-12-6-4-10(2)8-14-12/h9-12H,3-8H2,1-2H3. The third kappa shape index (κ3) is 3.44. The molecule has 0 N–H and O–H groups in total. The fourth-order valence-electron chi connectivity index (χ4n) is 2.10. The Morgan fingerprint density at radius 3 is 1.60 bits per heavy atom. The van der Waals surface area contributed by atoms with E-state index in [1.165, 1.54) is 12.8 Å². The quantitative estimate of drug-likeness (QED) is 0.707. The van der Waals surface area contributed by atoms with E-state index in [2.05, 4.69) is 13.8 Å². The topological polar surface area (TPSA) is 27.7 Å². The normalized spacial score (nSPS) is 42.8. The number of hydrogen-bond donors (Lipinski definition) is 0. The van der Waals surface area contributed by atoms with Crippen molar-refractivity contribution < 1.29 is 14.2 Å². The van der Waals surface area contributed by atoms with Crippen molar-refractivity contribution in [3.63, 3.8) is 0 Å². The smallest absolute Gasteiger partial charge is 0.160 e. The molecule has 0 aromatic heterocycles. The van der Waals surface area contributed by atoms with Crippen LogP contribution in [0.1, 0.15) is 39.5 Å². The van der Waals surface area contributed by atoms with Crippen molar-refractivity contribution in [1.29, 1.82) is 0 Å². The molecule has 4 atom stereocenters. The van der Waals surface area contributed by atoms with Crippen molar-refractivity contribution >= 4 is 0 Å². The molecule has 4 unspecified atom stereocenters. The molecule has 0 bridgehead atoms. The van der Waals surface area contributed by atoms with Gasteiger partial charge in [0.25, 0.3) is 0 Å². The molecular weight excluding hydrogens is 192 g/mol. The largest absolute Gasteiger partial charge is 0.352 e. The number of ether oxygens (including phenoxy) is 3. The van der Waals surface area contributed by atoms with Gasteiger partial charge in [-0.1, -0.05) is 13.8 Å². The Morgan fingerprint density at radius 1 is 0.800 bits per heavy atom. The Hall–Kier alpha value is -0.120. The maximum atomic E-state index is 5.78. The maximum absolute atomic E-state index is 5.78. The molecule has 2 aliphatic rings. The molecule has 3 heteroatoms. The summed E-state index contributed by atoms with van der Waals surface area (Å²) in [6.45, 7) is 6.09. The molecule has 3 nitrogen and oxygen atoms in total. The lowest BCUT2D eigenvalue weighted by atomic mass is 10.0. The Labute approximate surface area is 92.1 Å². The van der Waals surface area contributed by atoms with Gasteiger partial charge in [-0.15, -0.1) is 0 Å². The molecule has 88 valence electrons. The minimum atomic E-state index is -0.0281. The Bertz CT molecular complexity index is 159. The van der Waals surface area contributed by atoms with Crippen LogP contribution in [-0.4, -0.2) is 25.8 Å². The SMILES string of the molecule is CC1CCC(OC2CCC(C)CO2)OC1. The molecule has 2 saturated heterocycles. The first-order valence-electron chi connectivity index (χ1n) is 6.12. The van der Waals surface area contributed by atoms with E-state index in [0.29, 0.717) is 11.8 Å². The Morgan fingerprint density at radius 2 is 1.27 bits per heavy atom. The third-order valence-corrected chi connectivity index (χ3v) is 3.23. The van der Waals surface area contributed by atoms with Gasteiger partial charge in [-0.25, -0.2) is 0 Å². The zero-order valence-electron chi connectivity index (χ0n) is 9.78. The van der Waals surface area contributed by atoms with Crippen LogP contribution in [0.25, 0.3) is 0 Å². The second-order valence-electron chi connectivity index (χ2n) is 5.03. The van der Waals surface area contributed by atoms with Gasteiger partial charge in [0.15, 0.2) is 12.6 Å². The molecule has 15 heavy (non-hydrogen) atoms. The lowest BCUT2D eigenvalue weighted by molar-refractivity contribution is -0.273. The zero-order chi connectivity index (χ0) is 10.7. The monoisotopic (exact) mass is 214 g/mol. The van der Waals surface area contributed by atoms with Gasteiger partial charge in [-0.3, -0.25) is 0 Å². The summed E-state index contributed by atoms with van der Waals surface area (Å²) in [5.41, 5.74) is 0. The summed E-state index contributed by atoms with van der Waals surface area (Å²) in [6.07, 6.45) is 4.37. The van der Waals surface area contributed by atoms with Crippen molar-refractivity contribution in [2.45, 2.75) is 52.1 Å². The first kappa shape index (κ1) is 11.4. The van der Waals surface area contributed by atoms with Gasteiger partial charge < -0.3 is 14.2 Å². The average molecular weight is 214 g/mol. The van der Waals surface area contributed by atoms with Gasteiger partial charge in [0, 0.05) is 0 Å². The summed E-state index contributed by atoms with van der Waals surface area (Å²) in [5.74, 6) is 1.36. The molecule has 0 saturated carbocycles. The van der Waals surface area contributed by atoms with Crippen molar-refractivity contribution in [3.05, 3.63) is 0 Å². The summed E-state index contributed by atoms with van der Waals surface area (Å²) < 4.78 is 17.0. The van der Waals surface area contributed by atoms with Crippen LogP contribution >= 0.6 is 0 Å².